The van der Waals surface area contributed by atoms with Gasteiger partial charge in [0.2, 0.25) is 0 Å². The van der Waals surface area contributed by atoms with E-state index in [2.05, 4.69) is 0 Å². The van der Waals surface area contributed by atoms with Crippen molar-refractivity contribution in [2.75, 3.05) is 13.2 Å². The Morgan fingerprint density at radius 3 is 2.38 bits per heavy atom. The number of phenolic OH excluding ortho intramolecular Hbond substituents is 3. The minimum Gasteiger partial charge on any atom is -0.508 e. The second-order valence-corrected chi connectivity index (χ2v) is 10.8. The molecular weight excluding hydrogens is 512 g/mol. The number of aliphatic hydroxyl groups is 2. The minimum atomic E-state index is -2.52. The molecular formula is C28H24O11. The SMILES string of the molecule is CC1CC2=C(C(=O)c3c(O)cc4c(c3C2=O)C2(O)c3cc(O)cc(O)c3C(=O)C3COCC(O)C32O4)C(C)O1. The molecule has 3 heterocycles. The van der Waals surface area contributed by atoms with Crippen LogP contribution in [0.2, 0.25) is 0 Å². The standard InChI is InChI=1S/C28H24O11/c1-9-3-12-19(10(2)38-9)26(35)21-16(31)6-17-23(22(21)24(12)33)27(36)13-4-11(29)5-15(30)20(13)25(34)14-7-37-8-18(32)28(14,27)39-17/h4-6,9-10,14,18,29-32,36H,3,7-8H2,1-2H3. The number of carbonyl (C=O) groups is 3. The van der Waals surface area contributed by atoms with Crippen molar-refractivity contribution in [2.45, 2.75) is 49.8 Å². The average molecular weight is 536 g/mol. The van der Waals surface area contributed by atoms with E-state index in [4.69, 9.17) is 14.2 Å². The molecule has 11 nitrogen and oxygen atoms in total. The predicted molar refractivity (Wildman–Crippen MR) is 129 cm³/mol. The average Bonchev–Trinajstić information content (AvgIpc) is 3.12. The minimum absolute atomic E-state index is 0.105. The number of aliphatic hydroxyl groups excluding tert-OH is 1. The molecule has 6 atom stereocenters. The van der Waals surface area contributed by atoms with Gasteiger partial charge in [0.25, 0.3) is 0 Å². The van der Waals surface area contributed by atoms with Gasteiger partial charge in [0.1, 0.15) is 29.1 Å². The van der Waals surface area contributed by atoms with Gasteiger partial charge in [-0.15, -0.1) is 0 Å². The van der Waals surface area contributed by atoms with Gasteiger partial charge < -0.3 is 39.7 Å². The Labute approximate surface area is 220 Å². The van der Waals surface area contributed by atoms with Crippen molar-refractivity contribution in [2.24, 2.45) is 5.92 Å². The molecule has 0 amide bonds. The van der Waals surface area contributed by atoms with E-state index < -0.39 is 70.0 Å². The first-order valence-corrected chi connectivity index (χ1v) is 12.6. The predicted octanol–water partition coefficient (Wildman–Crippen LogP) is 1.25. The zero-order chi connectivity index (χ0) is 27.8. The van der Waals surface area contributed by atoms with E-state index in [0.29, 0.717) is 0 Å². The highest BCUT2D eigenvalue weighted by Gasteiger charge is 2.75. The number of benzene rings is 2. The summed E-state index contributed by atoms with van der Waals surface area (Å²) in [7, 11) is 0. The molecule has 0 radical (unpaired) electrons. The fraction of sp³-hybridized carbons (Fsp3) is 0.393. The summed E-state index contributed by atoms with van der Waals surface area (Å²) in [6.07, 6.45) is -2.64. The van der Waals surface area contributed by atoms with E-state index in [1.54, 1.807) is 13.8 Å². The second kappa shape index (κ2) is 7.45. The summed E-state index contributed by atoms with van der Waals surface area (Å²) < 4.78 is 17.4. The highest BCUT2D eigenvalue weighted by atomic mass is 16.6. The third-order valence-corrected chi connectivity index (χ3v) is 8.74. The Bertz CT molecular complexity index is 1590. The maximum atomic E-state index is 14.2. The number of ether oxygens (including phenoxy) is 3. The Morgan fingerprint density at radius 2 is 1.64 bits per heavy atom. The van der Waals surface area contributed by atoms with Crippen LogP contribution >= 0.6 is 0 Å². The highest BCUT2D eigenvalue weighted by molar-refractivity contribution is 6.29. The Kier molecular flexibility index (Phi) is 4.64. The summed E-state index contributed by atoms with van der Waals surface area (Å²) in [5, 5.41) is 56.2. The quantitative estimate of drug-likeness (QED) is 0.327. The lowest BCUT2D eigenvalue weighted by Crippen LogP contribution is -2.72. The van der Waals surface area contributed by atoms with Crippen molar-refractivity contribution in [1.82, 2.24) is 0 Å². The lowest BCUT2D eigenvalue weighted by atomic mass is 9.57. The summed E-state index contributed by atoms with van der Waals surface area (Å²) in [5.41, 5.74) is -5.97. The molecule has 11 heteroatoms. The zero-order valence-corrected chi connectivity index (χ0v) is 20.8. The van der Waals surface area contributed by atoms with Gasteiger partial charge >= 0.3 is 0 Å². The number of phenols is 3. The smallest absolute Gasteiger partial charge is 0.196 e. The van der Waals surface area contributed by atoms with Gasteiger partial charge in [-0.3, -0.25) is 14.4 Å². The van der Waals surface area contributed by atoms with Crippen molar-refractivity contribution in [1.29, 1.82) is 0 Å². The van der Waals surface area contributed by atoms with E-state index in [9.17, 15) is 39.9 Å². The van der Waals surface area contributed by atoms with Gasteiger partial charge in [0.15, 0.2) is 28.6 Å². The van der Waals surface area contributed by atoms with Gasteiger partial charge in [-0.1, -0.05) is 0 Å². The van der Waals surface area contributed by atoms with Gasteiger partial charge in [-0.2, -0.15) is 0 Å². The fourth-order valence-corrected chi connectivity index (χ4v) is 7.28. The lowest BCUT2D eigenvalue weighted by Gasteiger charge is -2.53. The van der Waals surface area contributed by atoms with E-state index >= 15 is 0 Å². The monoisotopic (exact) mass is 536 g/mol. The van der Waals surface area contributed by atoms with E-state index in [0.717, 1.165) is 18.2 Å². The van der Waals surface area contributed by atoms with Crippen LogP contribution in [-0.4, -0.2) is 80.0 Å². The number of carbonyl (C=O) groups excluding carboxylic acids is 3. The topological polar surface area (TPSA) is 180 Å². The van der Waals surface area contributed by atoms with Gasteiger partial charge in [-0.25, -0.2) is 0 Å². The van der Waals surface area contributed by atoms with Crippen LogP contribution in [0.1, 0.15) is 62.5 Å². The fourth-order valence-electron chi connectivity index (χ4n) is 7.28. The van der Waals surface area contributed by atoms with Crippen molar-refractivity contribution in [3.63, 3.8) is 0 Å². The molecule has 1 spiro atoms. The highest BCUT2D eigenvalue weighted by Crippen LogP contribution is 2.64. The summed E-state index contributed by atoms with van der Waals surface area (Å²) in [6, 6.07) is 3.06. The van der Waals surface area contributed by atoms with Crippen LogP contribution in [0.3, 0.4) is 0 Å². The van der Waals surface area contributed by atoms with Crippen LogP contribution < -0.4 is 4.74 Å². The number of rotatable bonds is 0. The third kappa shape index (κ3) is 2.63. The van der Waals surface area contributed by atoms with Crippen molar-refractivity contribution in [3.05, 3.63) is 57.2 Å². The molecule has 5 N–H and O–H groups in total. The van der Waals surface area contributed by atoms with Gasteiger partial charge in [-0.05, 0) is 19.9 Å². The number of fused-ring (bicyclic) bond motifs is 6. The molecule has 1 saturated heterocycles. The van der Waals surface area contributed by atoms with Crippen LogP contribution in [0, 0.1) is 5.92 Å². The van der Waals surface area contributed by atoms with E-state index in [-0.39, 0.29) is 64.3 Å². The number of hydrogen-bond donors (Lipinski definition) is 5. The molecule has 39 heavy (non-hydrogen) atoms. The molecule has 6 unspecified atom stereocenters. The number of ketones is 3. The van der Waals surface area contributed by atoms with Crippen LogP contribution in [0.25, 0.3) is 0 Å². The lowest BCUT2D eigenvalue weighted by molar-refractivity contribution is -0.224. The maximum absolute atomic E-state index is 14.2. The molecule has 0 bridgehead atoms. The van der Waals surface area contributed by atoms with Crippen LogP contribution in [0.15, 0.2) is 29.3 Å². The van der Waals surface area contributed by atoms with E-state index in [1.807, 2.05) is 0 Å². The first kappa shape index (κ1) is 24.3. The number of aromatic hydroxyl groups is 3. The third-order valence-electron chi connectivity index (χ3n) is 8.74. The van der Waals surface area contributed by atoms with Crippen molar-refractivity contribution in [3.8, 4) is 23.0 Å². The van der Waals surface area contributed by atoms with Crippen molar-refractivity contribution < 1.29 is 54.1 Å². The Balaban J connectivity index is 1.61. The first-order chi connectivity index (χ1) is 18.4. The first-order valence-electron chi connectivity index (χ1n) is 12.6. The molecule has 2 aliphatic carbocycles. The second-order valence-electron chi connectivity index (χ2n) is 10.8. The summed E-state index contributed by atoms with van der Waals surface area (Å²) >= 11 is 0. The summed E-state index contributed by atoms with van der Waals surface area (Å²) in [4.78, 5) is 41.6. The molecule has 2 aromatic carbocycles. The molecule has 0 saturated carbocycles. The van der Waals surface area contributed by atoms with Crippen LogP contribution in [-0.2, 0) is 15.1 Å². The molecule has 5 aliphatic rings. The zero-order valence-electron chi connectivity index (χ0n) is 20.8. The molecule has 1 fully saturated rings. The number of Topliss-reactive ketones (excluding diaryl/α,β-unsaturated/α-hetero) is 3. The molecule has 7 rings (SSSR count). The molecule has 202 valence electrons. The Hall–Kier alpha value is -3.77. The number of hydrogen-bond acceptors (Lipinski definition) is 11. The van der Waals surface area contributed by atoms with E-state index in [1.165, 1.54) is 0 Å². The largest absolute Gasteiger partial charge is 0.508 e. The van der Waals surface area contributed by atoms with Crippen LogP contribution in [0.4, 0.5) is 0 Å². The summed E-state index contributed by atoms with van der Waals surface area (Å²) in [6.45, 7) is 2.75. The Morgan fingerprint density at radius 1 is 0.923 bits per heavy atom. The van der Waals surface area contributed by atoms with Gasteiger partial charge in [0.05, 0.1) is 42.5 Å². The van der Waals surface area contributed by atoms with Crippen molar-refractivity contribution >= 4 is 17.3 Å². The molecule has 3 aliphatic heterocycles. The normalized spacial score (nSPS) is 34.4. The molecule has 2 aromatic rings. The summed E-state index contributed by atoms with van der Waals surface area (Å²) in [5.74, 6) is -5.28. The van der Waals surface area contributed by atoms with Crippen LogP contribution in [0.5, 0.6) is 23.0 Å². The van der Waals surface area contributed by atoms with Gasteiger partial charge in [0, 0.05) is 46.4 Å². The maximum Gasteiger partial charge on any atom is 0.196 e. The molecule has 0 aromatic heterocycles.